The number of halogens is 1. The lowest BCUT2D eigenvalue weighted by Gasteiger charge is -2.27. The number of hydrogen-bond acceptors (Lipinski definition) is 4. The molecule has 1 unspecified atom stereocenters. The Labute approximate surface area is 126 Å². The van der Waals surface area contributed by atoms with E-state index in [-0.39, 0.29) is 0 Å². The number of nitrogens with one attached hydrogen (secondary N) is 1. The number of hydrogen-bond donors (Lipinski definition) is 1. The average molecular weight is 296 g/mol. The molecular weight excluding hydrogens is 271 g/mol. The Balaban J connectivity index is 2.13. The molecule has 0 amide bonds. The quantitative estimate of drug-likeness (QED) is 0.872. The first-order valence-corrected chi connectivity index (χ1v) is 7.47. The number of ether oxygens (including phenoxy) is 2. The number of piperazine rings is 1. The summed E-state index contributed by atoms with van der Waals surface area (Å²) in [6.07, 6.45) is -0.198. The van der Waals surface area contributed by atoms with E-state index in [1.54, 1.807) is 20.3 Å². The van der Waals surface area contributed by atoms with Crippen molar-refractivity contribution in [2.24, 2.45) is 0 Å². The van der Waals surface area contributed by atoms with Crippen molar-refractivity contribution < 1.29 is 13.9 Å². The highest BCUT2D eigenvalue weighted by Crippen LogP contribution is 2.34. The molecule has 1 aliphatic rings. The van der Waals surface area contributed by atoms with Gasteiger partial charge in [0.15, 0.2) is 0 Å². The smallest absolute Gasteiger partial charge is 0.126 e. The molecule has 1 fully saturated rings. The van der Waals surface area contributed by atoms with Gasteiger partial charge in [0.25, 0.3) is 0 Å². The van der Waals surface area contributed by atoms with E-state index < -0.39 is 6.17 Å². The fraction of sp³-hybridized carbons (Fsp3) is 0.625. The second kappa shape index (κ2) is 7.61. The zero-order valence-electron chi connectivity index (χ0n) is 13.1. The van der Waals surface area contributed by atoms with Crippen molar-refractivity contribution in [3.05, 3.63) is 23.3 Å². The van der Waals surface area contributed by atoms with Crippen molar-refractivity contribution in [1.29, 1.82) is 0 Å². The van der Waals surface area contributed by atoms with Crippen LogP contribution in [-0.2, 0) is 6.42 Å². The lowest BCUT2D eigenvalue weighted by molar-refractivity contribution is 0.243. The molecule has 2 rings (SSSR count). The summed E-state index contributed by atoms with van der Waals surface area (Å²) in [5.41, 5.74) is 1.61. The van der Waals surface area contributed by atoms with Gasteiger partial charge in [-0.2, -0.15) is 0 Å². The molecule has 5 heteroatoms. The standard InChI is InChI=1S/C16H25FN2O2/c1-12(17)14-11-15(20-2)13(10-16(14)21-3)4-7-19-8-5-18-6-9-19/h10-12,18H,4-9H2,1-3H3. The molecule has 1 saturated heterocycles. The molecule has 1 aromatic carbocycles. The number of alkyl halides is 1. The zero-order valence-corrected chi connectivity index (χ0v) is 13.1. The van der Waals surface area contributed by atoms with Crippen molar-refractivity contribution >= 4 is 0 Å². The highest BCUT2D eigenvalue weighted by atomic mass is 19.1. The predicted octanol–water partition coefficient (Wildman–Crippen LogP) is 2.18. The summed E-state index contributed by atoms with van der Waals surface area (Å²) in [6.45, 7) is 6.71. The molecule has 1 aromatic rings. The van der Waals surface area contributed by atoms with Gasteiger partial charge in [0, 0.05) is 38.3 Å². The van der Waals surface area contributed by atoms with Gasteiger partial charge >= 0.3 is 0 Å². The van der Waals surface area contributed by atoms with Crippen LogP contribution in [0.2, 0.25) is 0 Å². The first-order valence-electron chi connectivity index (χ1n) is 7.47. The molecule has 1 heterocycles. The van der Waals surface area contributed by atoms with Crippen LogP contribution in [0.1, 0.15) is 24.2 Å². The highest BCUT2D eigenvalue weighted by molar-refractivity contribution is 5.47. The summed E-state index contributed by atoms with van der Waals surface area (Å²) in [5, 5.41) is 3.35. The maximum absolute atomic E-state index is 13.7. The Kier molecular flexibility index (Phi) is 5.82. The van der Waals surface area contributed by atoms with E-state index in [2.05, 4.69) is 10.2 Å². The van der Waals surface area contributed by atoms with Crippen LogP contribution < -0.4 is 14.8 Å². The van der Waals surface area contributed by atoms with E-state index in [0.29, 0.717) is 11.3 Å². The van der Waals surface area contributed by atoms with Gasteiger partial charge in [-0.25, -0.2) is 4.39 Å². The van der Waals surface area contributed by atoms with Gasteiger partial charge < -0.3 is 19.7 Å². The van der Waals surface area contributed by atoms with Crippen molar-refractivity contribution in [1.82, 2.24) is 10.2 Å². The molecular formula is C16H25FN2O2. The Hall–Kier alpha value is -1.33. The van der Waals surface area contributed by atoms with Crippen LogP contribution in [-0.4, -0.2) is 51.8 Å². The Morgan fingerprint density at radius 3 is 2.43 bits per heavy atom. The van der Waals surface area contributed by atoms with Crippen LogP contribution in [0, 0.1) is 0 Å². The fourth-order valence-electron chi connectivity index (χ4n) is 2.70. The summed E-state index contributed by atoms with van der Waals surface area (Å²) < 4.78 is 24.4. The molecule has 0 bridgehead atoms. The number of methoxy groups -OCH3 is 2. The summed E-state index contributed by atoms with van der Waals surface area (Å²) in [7, 11) is 3.20. The largest absolute Gasteiger partial charge is 0.496 e. The third kappa shape index (κ3) is 4.08. The lowest BCUT2D eigenvalue weighted by atomic mass is 10.0. The normalized spacial score (nSPS) is 17.5. The second-order valence-electron chi connectivity index (χ2n) is 5.36. The SMILES string of the molecule is COc1cc(C(C)F)c(OC)cc1CCN1CCNCC1. The van der Waals surface area contributed by atoms with Gasteiger partial charge in [0.2, 0.25) is 0 Å². The van der Waals surface area contributed by atoms with Crippen LogP contribution in [0.4, 0.5) is 4.39 Å². The van der Waals surface area contributed by atoms with Gasteiger partial charge in [0.1, 0.15) is 17.7 Å². The molecule has 0 saturated carbocycles. The maximum atomic E-state index is 13.7. The molecule has 0 radical (unpaired) electrons. The van der Waals surface area contributed by atoms with Gasteiger partial charge in [-0.15, -0.1) is 0 Å². The van der Waals surface area contributed by atoms with E-state index in [1.165, 1.54) is 6.92 Å². The predicted molar refractivity (Wildman–Crippen MR) is 82.1 cm³/mol. The minimum absolute atomic E-state index is 0.542. The third-order valence-electron chi connectivity index (χ3n) is 3.97. The van der Waals surface area contributed by atoms with Crippen molar-refractivity contribution in [2.75, 3.05) is 46.9 Å². The molecule has 1 atom stereocenters. The van der Waals surface area contributed by atoms with Crippen LogP contribution in [0.5, 0.6) is 11.5 Å². The molecule has 1 N–H and O–H groups in total. The molecule has 21 heavy (non-hydrogen) atoms. The van der Waals surface area contributed by atoms with Crippen molar-refractivity contribution in [3.63, 3.8) is 0 Å². The first kappa shape index (κ1) is 16.0. The van der Waals surface area contributed by atoms with E-state index in [1.807, 2.05) is 6.07 Å². The van der Waals surface area contributed by atoms with Crippen LogP contribution in [0.15, 0.2) is 12.1 Å². The van der Waals surface area contributed by atoms with Crippen LogP contribution in [0.25, 0.3) is 0 Å². The summed E-state index contributed by atoms with van der Waals surface area (Å²) >= 11 is 0. The van der Waals surface area contributed by atoms with E-state index in [0.717, 1.165) is 50.5 Å². The lowest BCUT2D eigenvalue weighted by Crippen LogP contribution is -2.44. The van der Waals surface area contributed by atoms with Gasteiger partial charge in [0.05, 0.1) is 14.2 Å². The minimum Gasteiger partial charge on any atom is -0.496 e. The maximum Gasteiger partial charge on any atom is 0.126 e. The summed E-state index contributed by atoms with van der Waals surface area (Å²) in [5.74, 6) is 1.34. The molecule has 1 aliphatic heterocycles. The van der Waals surface area contributed by atoms with Gasteiger partial charge in [-0.1, -0.05) is 0 Å². The monoisotopic (exact) mass is 296 g/mol. The van der Waals surface area contributed by atoms with Crippen LogP contribution in [0.3, 0.4) is 0 Å². The van der Waals surface area contributed by atoms with E-state index >= 15 is 0 Å². The highest BCUT2D eigenvalue weighted by Gasteiger charge is 2.17. The topological polar surface area (TPSA) is 33.7 Å². The molecule has 118 valence electrons. The van der Waals surface area contributed by atoms with Crippen LogP contribution >= 0.6 is 0 Å². The fourth-order valence-corrected chi connectivity index (χ4v) is 2.70. The number of benzene rings is 1. The minimum atomic E-state index is -1.07. The third-order valence-corrected chi connectivity index (χ3v) is 3.97. The van der Waals surface area contributed by atoms with E-state index in [4.69, 9.17) is 9.47 Å². The Bertz CT molecular complexity index is 460. The number of rotatable bonds is 6. The zero-order chi connectivity index (χ0) is 15.2. The number of nitrogens with zero attached hydrogens (tertiary/aromatic N) is 1. The van der Waals surface area contributed by atoms with Gasteiger partial charge in [-0.05, 0) is 31.0 Å². The first-order chi connectivity index (χ1) is 10.2. The average Bonchev–Trinajstić information content (AvgIpc) is 2.52. The van der Waals surface area contributed by atoms with E-state index in [9.17, 15) is 4.39 Å². The van der Waals surface area contributed by atoms with Gasteiger partial charge in [-0.3, -0.25) is 0 Å². The molecule has 4 nitrogen and oxygen atoms in total. The Morgan fingerprint density at radius 1 is 1.19 bits per heavy atom. The summed E-state index contributed by atoms with van der Waals surface area (Å²) in [6, 6.07) is 3.67. The molecule has 0 aromatic heterocycles. The molecule has 0 spiro atoms. The molecule has 0 aliphatic carbocycles. The second-order valence-corrected chi connectivity index (χ2v) is 5.36. The van der Waals surface area contributed by atoms with Crippen molar-refractivity contribution in [3.8, 4) is 11.5 Å². The van der Waals surface area contributed by atoms with Crippen molar-refractivity contribution in [2.45, 2.75) is 19.5 Å². The Morgan fingerprint density at radius 2 is 1.86 bits per heavy atom. The summed E-state index contributed by atoms with van der Waals surface area (Å²) in [4.78, 5) is 2.42.